The van der Waals surface area contributed by atoms with Crippen molar-refractivity contribution in [3.05, 3.63) is 36.1 Å². The summed E-state index contributed by atoms with van der Waals surface area (Å²) in [5, 5.41) is 20.6. The molecule has 36 heavy (non-hydrogen) atoms. The van der Waals surface area contributed by atoms with Crippen LogP contribution in [-0.4, -0.2) is 47.4 Å². The van der Waals surface area contributed by atoms with Crippen LogP contribution in [0, 0.1) is 23.2 Å². The molecule has 1 aromatic carbocycles. The van der Waals surface area contributed by atoms with Crippen molar-refractivity contribution in [1.29, 1.82) is 0 Å². The number of aliphatic carboxylic acids is 1. The minimum Gasteiger partial charge on any atom is -0.481 e. The number of amides is 1. The van der Waals surface area contributed by atoms with E-state index in [1.807, 2.05) is 30.3 Å². The molecule has 1 aromatic heterocycles. The number of nitrogens with zero attached hydrogens (tertiary/aromatic N) is 1. The lowest BCUT2D eigenvalue weighted by molar-refractivity contribution is -0.153. The van der Waals surface area contributed by atoms with E-state index in [1.54, 1.807) is 0 Å². The summed E-state index contributed by atoms with van der Waals surface area (Å²) in [4.78, 5) is 27.2. The molecule has 8 nitrogen and oxygen atoms in total. The Morgan fingerprint density at radius 3 is 2.33 bits per heavy atom. The van der Waals surface area contributed by atoms with Crippen molar-refractivity contribution < 1.29 is 24.0 Å². The molecule has 1 saturated heterocycles. The molecular weight excluding hydrogens is 478 g/mol. The lowest BCUT2D eigenvalue weighted by Crippen LogP contribution is -2.59. The summed E-state index contributed by atoms with van der Waals surface area (Å²) in [6, 6.07) is 9.70. The molecule has 9 heteroatoms. The van der Waals surface area contributed by atoms with Gasteiger partial charge in [-0.1, -0.05) is 30.0 Å². The third kappa shape index (κ3) is 4.52. The van der Waals surface area contributed by atoms with Crippen molar-refractivity contribution >= 4 is 23.6 Å². The first kappa shape index (κ1) is 23.9. The lowest BCUT2D eigenvalue weighted by atomic mass is 9.53. The first-order valence-corrected chi connectivity index (χ1v) is 13.9. The van der Waals surface area contributed by atoms with Crippen LogP contribution in [0.4, 0.5) is 0 Å². The fraction of sp³-hybridized carbons (Fsp3) is 0.593. The number of carboxylic acids is 1. The lowest BCUT2D eigenvalue weighted by Gasteiger charge is -2.56. The highest BCUT2D eigenvalue weighted by Crippen LogP contribution is 2.55. The quantitative estimate of drug-likeness (QED) is 0.479. The minimum atomic E-state index is -0.986. The normalized spacial score (nSPS) is 30.2. The SMILES string of the molecule is O=C(NC12CC3CC(CC(C3)C1)C2)c1onc(OCC2(C(=O)O)CCNCC2)c1Sc1ccccc1. The van der Waals surface area contributed by atoms with E-state index in [0.29, 0.717) is 48.6 Å². The van der Waals surface area contributed by atoms with Crippen LogP contribution in [-0.2, 0) is 4.79 Å². The van der Waals surface area contributed by atoms with E-state index in [2.05, 4.69) is 15.8 Å². The van der Waals surface area contributed by atoms with Gasteiger partial charge in [0.15, 0.2) is 0 Å². The fourth-order valence-corrected chi connectivity index (χ4v) is 8.23. The molecule has 5 aliphatic rings. The van der Waals surface area contributed by atoms with Crippen LogP contribution in [0.2, 0.25) is 0 Å². The highest BCUT2D eigenvalue weighted by molar-refractivity contribution is 7.99. The summed E-state index contributed by atoms with van der Waals surface area (Å²) < 4.78 is 11.6. The van der Waals surface area contributed by atoms with E-state index in [9.17, 15) is 14.7 Å². The Balaban J connectivity index is 1.25. The van der Waals surface area contributed by atoms with Gasteiger partial charge in [0.05, 0.1) is 0 Å². The Hall–Kier alpha value is -2.52. The van der Waals surface area contributed by atoms with Gasteiger partial charge in [-0.05, 0) is 99.5 Å². The second kappa shape index (κ2) is 9.41. The molecule has 0 spiro atoms. The largest absolute Gasteiger partial charge is 0.481 e. The number of hydrogen-bond donors (Lipinski definition) is 3. The zero-order chi connectivity index (χ0) is 24.8. The highest BCUT2D eigenvalue weighted by atomic mass is 32.2. The summed E-state index contributed by atoms with van der Waals surface area (Å²) in [5.41, 5.74) is -1.14. The molecule has 5 fully saturated rings. The number of piperidine rings is 1. The molecule has 2 aromatic rings. The van der Waals surface area contributed by atoms with Crippen LogP contribution < -0.4 is 15.4 Å². The zero-order valence-electron chi connectivity index (χ0n) is 20.3. The van der Waals surface area contributed by atoms with Gasteiger partial charge in [-0.2, -0.15) is 0 Å². The maximum Gasteiger partial charge on any atom is 0.313 e. The Kier molecular flexibility index (Phi) is 6.24. The van der Waals surface area contributed by atoms with Gasteiger partial charge < -0.3 is 25.0 Å². The summed E-state index contributed by atoms with van der Waals surface area (Å²) in [7, 11) is 0. The molecule has 1 aliphatic heterocycles. The van der Waals surface area contributed by atoms with Crippen LogP contribution in [0.1, 0.15) is 61.9 Å². The van der Waals surface area contributed by atoms with Crippen LogP contribution in [0.3, 0.4) is 0 Å². The molecule has 0 radical (unpaired) electrons. The third-order valence-corrected chi connectivity index (χ3v) is 9.78. The van der Waals surface area contributed by atoms with Gasteiger partial charge in [-0.25, -0.2) is 0 Å². The average molecular weight is 512 g/mol. The molecule has 7 rings (SSSR count). The summed E-state index contributed by atoms with van der Waals surface area (Å²) in [6.45, 7) is 1.23. The smallest absolute Gasteiger partial charge is 0.313 e. The second-order valence-corrected chi connectivity index (χ2v) is 12.4. The first-order valence-electron chi connectivity index (χ1n) is 13.1. The van der Waals surface area contributed by atoms with E-state index >= 15 is 0 Å². The predicted octanol–water partition coefficient (Wildman–Crippen LogP) is 4.36. The van der Waals surface area contributed by atoms with Gasteiger partial charge in [0.25, 0.3) is 11.8 Å². The number of carboxylic acid groups (broad SMARTS) is 1. The van der Waals surface area contributed by atoms with Crippen LogP contribution in [0.15, 0.2) is 44.6 Å². The first-order chi connectivity index (χ1) is 17.4. The van der Waals surface area contributed by atoms with Crippen molar-refractivity contribution in [1.82, 2.24) is 15.8 Å². The Bertz CT molecular complexity index is 1090. The van der Waals surface area contributed by atoms with E-state index in [1.165, 1.54) is 31.0 Å². The third-order valence-electron chi connectivity index (χ3n) is 8.71. The molecular formula is C27H33N3O5S. The van der Waals surface area contributed by atoms with Gasteiger partial charge >= 0.3 is 5.97 Å². The monoisotopic (exact) mass is 511 g/mol. The van der Waals surface area contributed by atoms with Gasteiger partial charge in [0.2, 0.25) is 5.76 Å². The number of carbonyl (C=O) groups excluding carboxylic acids is 1. The number of nitrogens with one attached hydrogen (secondary N) is 2. The predicted molar refractivity (Wildman–Crippen MR) is 133 cm³/mol. The Labute approximate surface area is 214 Å². The van der Waals surface area contributed by atoms with Gasteiger partial charge in [0, 0.05) is 10.4 Å². The van der Waals surface area contributed by atoms with E-state index in [4.69, 9.17) is 9.26 Å². The topological polar surface area (TPSA) is 114 Å². The number of aromatic nitrogens is 1. The standard InChI is InChI=1S/C27H33N3O5S/c31-23(29-27-13-17-10-18(14-27)12-19(11-17)15-27)21-22(36-20-4-2-1-3-5-20)24(30-35-21)34-16-26(25(32)33)6-8-28-9-7-26/h1-5,17-19,28H,6-16H2,(H,29,31)(H,32,33). The van der Waals surface area contributed by atoms with Crippen LogP contribution in [0.25, 0.3) is 0 Å². The number of hydrogen-bond acceptors (Lipinski definition) is 7. The molecule has 3 N–H and O–H groups in total. The molecule has 1 amide bonds. The van der Waals surface area contributed by atoms with E-state index in [0.717, 1.165) is 24.2 Å². The zero-order valence-corrected chi connectivity index (χ0v) is 21.1. The molecule has 4 bridgehead atoms. The fourth-order valence-electron chi connectivity index (χ4n) is 7.29. The Morgan fingerprint density at radius 1 is 1.08 bits per heavy atom. The van der Waals surface area contributed by atoms with E-state index < -0.39 is 11.4 Å². The number of carbonyl (C=O) groups is 2. The summed E-state index contributed by atoms with van der Waals surface area (Å²) in [5.74, 6) is 1.32. The minimum absolute atomic E-state index is 0.0189. The molecule has 4 aliphatic carbocycles. The van der Waals surface area contributed by atoms with Gasteiger partial charge in [-0.15, -0.1) is 0 Å². The van der Waals surface area contributed by atoms with Gasteiger partial charge in [0.1, 0.15) is 16.9 Å². The van der Waals surface area contributed by atoms with Crippen molar-refractivity contribution in [2.75, 3.05) is 19.7 Å². The van der Waals surface area contributed by atoms with Crippen molar-refractivity contribution in [3.8, 4) is 5.88 Å². The molecule has 0 atom stereocenters. The number of ether oxygens (including phenoxy) is 1. The van der Waals surface area contributed by atoms with Crippen molar-refractivity contribution in [2.45, 2.75) is 66.7 Å². The molecule has 4 saturated carbocycles. The van der Waals surface area contributed by atoms with Crippen molar-refractivity contribution in [2.24, 2.45) is 23.2 Å². The molecule has 0 unspecified atom stereocenters. The van der Waals surface area contributed by atoms with Crippen LogP contribution in [0.5, 0.6) is 5.88 Å². The summed E-state index contributed by atoms with van der Waals surface area (Å²) in [6.07, 6.45) is 7.96. The number of rotatable bonds is 8. The van der Waals surface area contributed by atoms with Crippen LogP contribution >= 0.6 is 11.8 Å². The second-order valence-electron chi connectivity index (χ2n) is 11.3. The highest BCUT2D eigenvalue weighted by Gasteiger charge is 2.52. The maximum atomic E-state index is 13.6. The van der Waals surface area contributed by atoms with Gasteiger partial charge in [-0.3, -0.25) is 9.59 Å². The maximum absolute atomic E-state index is 13.6. The Morgan fingerprint density at radius 2 is 1.72 bits per heavy atom. The molecule has 2 heterocycles. The van der Waals surface area contributed by atoms with E-state index in [-0.39, 0.29) is 29.7 Å². The summed E-state index contributed by atoms with van der Waals surface area (Å²) >= 11 is 1.36. The number of benzene rings is 1. The molecule has 192 valence electrons. The van der Waals surface area contributed by atoms with Crippen molar-refractivity contribution in [3.63, 3.8) is 0 Å². The average Bonchev–Trinajstić information content (AvgIpc) is 3.25.